The summed E-state index contributed by atoms with van der Waals surface area (Å²) in [6.45, 7) is 2.29. The van der Waals surface area contributed by atoms with E-state index in [-0.39, 0.29) is 11.8 Å². The number of aryl methyl sites for hydroxylation is 1. The highest BCUT2D eigenvalue weighted by molar-refractivity contribution is 5.89. The molecular weight excluding hydrogens is 220 g/mol. The monoisotopic (exact) mass is 234 g/mol. The molecule has 0 unspecified atom stereocenters. The molecule has 1 aromatic rings. The van der Waals surface area contributed by atoms with Crippen LogP contribution in [-0.2, 0) is 16.1 Å². The standard InChI is InChI=1S/C12H14N2O3/c1-7-2-3-8(5-13-7)6-14-11(15)9-4-10(9)12(16)17/h2-3,5,9-10H,4,6H2,1H3,(H,14,15)(H,16,17)/t9-,10+/m1/s1. The maximum absolute atomic E-state index is 11.6. The lowest BCUT2D eigenvalue weighted by molar-refractivity contribution is -0.140. The van der Waals surface area contributed by atoms with E-state index in [0.717, 1.165) is 11.3 Å². The van der Waals surface area contributed by atoms with Crippen LogP contribution in [0.4, 0.5) is 0 Å². The van der Waals surface area contributed by atoms with E-state index in [9.17, 15) is 9.59 Å². The van der Waals surface area contributed by atoms with Crippen molar-refractivity contribution >= 4 is 11.9 Å². The first-order valence-corrected chi connectivity index (χ1v) is 5.50. The van der Waals surface area contributed by atoms with Crippen LogP contribution in [0.15, 0.2) is 18.3 Å². The van der Waals surface area contributed by atoms with Crippen LogP contribution in [0, 0.1) is 18.8 Å². The zero-order chi connectivity index (χ0) is 12.4. The van der Waals surface area contributed by atoms with E-state index in [1.165, 1.54) is 0 Å². The Kier molecular flexibility index (Phi) is 3.08. The molecule has 1 amide bonds. The number of pyridine rings is 1. The Hall–Kier alpha value is -1.91. The van der Waals surface area contributed by atoms with Gasteiger partial charge in [0.05, 0.1) is 11.8 Å². The van der Waals surface area contributed by atoms with Gasteiger partial charge in [0.2, 0.25) is 5.91 Å². The molecule has 0 radical (unpaired) electrons. The number of aliphatic carboxylic acids is 1. The molecule has 1 heterocycles. The molecule has 0 bridgehead atoms. The van der Waals surface area contributed by atoms with Gasteiger partial charge >= 0.3 is 5.97 Å². The van der Waals surface area contributed by atoms with Crippen LogP contribution in [-0.4, -0.2) is 22.0 Å². The number of nitrogens with zero attached hydrogens (tertiary/aromatic N) is 1. The van der Waals surface area contributed by atoms with Crippen LogP contribution in [0.5, 0.6) is 0 Å². The van der Waals surface area contributed by atoms with Crippen molar-refractivity contribution in [3.63, 3.8) is 0 Å². The lowest BCUT2D eigenvalue weighted by atomic mass is 10.2. The number of hydrogen-bond donors (Lipinski definition) is 2. The zero-order valence-corrected chi connectivity index (χ0v) is 9.51. The van der Waals surface area contributed by atoms with Gasteiger partial charge in [0.15, 0.2) is 0 Å². The fourth-order valence-corrected chi connectivity index (χ4v) is 1.68. The number of nitrogens with one attached hydrogen (secondary N) is 1. The lowest BCUT2D eigenvalue weighted by Gasteiger charge is -2.04. The molecule has 0 aliphatic heterocycles. The molecule has 0 spiro atoms. The van der Waals surface area contributed by atoms with Crippen LogP contribution in [0.2, 0.25) is 0 Å². The SMILES string of the molecule is Cc1ccc(CNC(=O)[C@@H]2C[C@@H]2C(=O)O)cn1. The summed E-state index contributed by atoms with van der Waals surface area (Å²) in [4.78, 5) is 26.3. The topological polar surface area (TPSA) is 79.3 Å². The molecule has 2 rings (SSSR count). The smallest absolute Gasteiger partial charge is 0.307 e. The van der Waals surface area contributed by atoms with Gasteiger partial charge in [-0.05, 0) is 25.0 Å². The van der Waals surface area contributed by atoms with Gasteiger partial charge in [-0.3, -0.25) is 14.6 Å². The van der Waals surface area contributed by atoms with E-state index >= 15 is 0 Å². The molecule has 1 fully saturated rings. The number of rotatable bonds is 4. The highest BCUT2D eigenvalue weighted by Gasteiger charge is 2.48. The molecule has 5 heteroatoms. The average molecular weight is 234 g/mol. The van der Waals surface area contributed by atoms with Gasteiger partial charge < -0.3 is 10.4 Å². The van der Waals surface area contributed by atoms with Gasteiger partial charge in [-0.25, -0.2) is 0 Å². The molecule has 1 aromatic heterocycles. The van der Waals surface area contributed by atoms with Crippen molar-refractivity contribution in [3.05, 3.63) is 29.6 Å². The largest absolute Gasteiger partial charge is 0.481 e. The van der Waals surface area contributed by atoms with Crippen LogP contribution in [0.1, 0.15) is 17.7 Å². The number of hydrogen-bond acceptors (Lipinski definition) is 3. The third-order valence-electron chi connectivity index (χ3n) is 2.88. The third-order valence-corrected chi connectivity index (χ3v) is 2.88. The van der Waals surface area contributed by atoms with Crippen molar-refractivity contribution in [2.45, 2.75) is 19.9 Å². The molecule has 17 heavy (non-hydrogen) atoms. The fourth-order valence-electron chi connectivity index (χ4n) is 1.68. The van der Waals surface area contributed by atoms with E-state index in [1.807, 2.05) is 19.1 Å². The number of aromatic nitrogens is 1. The molecule has 2 atom stereocenters. The van der Waals surface area contributed by atoms with Crippen molar-refractivity contribution in [1.29, 1.82) is 0 Å². The van der Waals surface area contributed by atoms with Crippen LogP contribution < -0.4 is 5.32 Å². The molecule has 0 aromatic carbocycles. The van der Waals surface area contributed by atoms with E-state index < -0.39 is 11.9 Å². The summed E-state index contributed by atoms with van der Waals surface area (Å²) < 4.78 is 0. The van der Waals surface area contributed by atoms with Gasteiger partial charge in [0.1, 0.15) is 0 Å². The molecule has 1 saturated carbocycles. The Morgan fingerprint density at radius 2 is 2.24 bits per heavy atom. The Labute approximate surface area is 98.9 Å². The predicted molar refractivity (Wildman–Crippen MR) is 60.1 cm³/mol. The van der Waals surface area contributed by atoms with E-state index in [0.29, 0.717) is 13.0 Å². The molecule has 2 N–H and O–H groups in total. The normalized spacial score (nSPS) is 21.9. The Balaban J connectivity index is 1.81. The van der Waals surface area contributed by atoms with Crippen molar-refractivity contribution in [1.82, 2.24) is 10.3 Å². The minimum atomic E-state index is -0.887. The lowest BCUT2D eigenvalue weighted by Crippen LogP contribution is -2.25. The number of amides is 1. The zero-order valence-electron chi connectivity index (χ0n) is 9.51. The second kappa shape index (κ2) is 4.53. The molecule has 1 aliphatic rings. The minimum absolute atomic E-state index is 0.182. The summed E-state index contributed by atoms with van der Waals surface area (Å²) in [5, 5.41) is 11.4. The molecule has 5 nitrogen and oxygen atoms in total. The number of carbonyl (C=O) groups is 2. The second-order valence-electron chi connectivity index (χ2n) is 4.31. The summed E-state index contributed by atoms with van der Waals surface area (Å²) in [7, 11) is 0. The van der Waals surface area contributed by atoms with Crippen molar-refractivity contribution in [2.75, 3.05) is 0 Å². The van der Waals surface area contributed by atoms with Gasteiger partial charge in [-0.15, -0.1) is 0 Å². The highest BCUT2D eigenvalue weighted by Crippen LogP contribution is 2.38. The first-order valence-electron chi connectivity index (χ1n) is 5.50. The maximum Gasteiger partial charge on any atom is 0.307 e. The molecular formula is C12H14N2O3. The summed E-state index contributed by atoms with van der Waals surface area (Å²) in [5.74, 6) is -1.92. The Bertz CT molecular complexity index is 442. The third kappa shape index (κ3) is 2.81. The van der Waals surface area contributed by atoms with Crippen molar-refractivity contribution < 1.29 is 14.7 Å². The van der Waals surface area contributed by atoms with Gasteiger partial charge in [0, 0.05) is 18.4 Å². The predicted octanol–water partition coefficient (Wildman–Crippen LogP) is 0.727. The molecule has 0 saturated heterocycles. The van der Waals surface area contributed by atoms with E-state index in [1.54, 1.807) is 6.20 Å². The summed E-state index contributed by atoms with van der Waals surface area (Å²) in [5.41, 5.74) is 1.84. The minimum Gasteiger partial charge on any atom is -0.481 e. The summed E-state index contributed by atoms with van der Waals surface area (Å²) >= 11 is 0. The van der Waals surface area contributed by atoms with Gasteiger partial charge in [0.25, 0.3) is 0 Å². The number of carboxylic acids is 1. The Morgan fingerprint density at radius 3 is 2.76 bits per heavy atom. The average Bonchev–Trinajstić information content (AvgIpc) is 3.08. The molecule has 90 valence electrons. The maximum atomic E-state index is 11.6. The summed E-state index contributed by atoms with van der Waals surface area (Å²) in [6.07, 6.45) is 2.16. The first-order chi connectivity index (χ1) is 8.08. The van der Waals surface area contributed by atoms with E-state index in [4.69, 9.17) is 5.11 Å². The number of carboxylic acid groups (broad SMARTS) is 1. The second-order valence-corrected chi connectivity index (χ2v) is 4.31. The van der Waals surface area contributed by atoms with Crippen LogP contribution in [0.25, 0.3) is 0 Å². The summed E-state index contributed by atoms with van der Waals surface area (Å²) in [6, 6.07) is 3.77. The van der Waals surface area contributed by atoms with Crippen LogP contribution in [0.3, 0.4) is 0 Å². The Morgan fingerprint density at radius 1 is 1.47 bits per heavy atom. The van der Waals surface area contributed by atoms with Gasteiger partial charge in [-0.1, -0.05) is 6.07 Å². The first kappa shape index (κ1) is 11.6. The molecule has 1 aliphatic carbocycles. The quantitative estimate of drug-likeness (QED) is 0.804. The van der Waals surface area contributed by atoms with Gasteiger partial charge in [-0.2, -0.15) is 0 Å². The van der Waals surface area contributed by atoms with E-state index in [2.05, 4.69) is 10.3 Å². The fraction of sp³-hybridized carbons (Fsp3) is 0.417. The van der Waals surface area contributed by atoms with Crippen LogP contribution >= 0.6 is 0 Å². The highest BCUT2D eigenvalue weighted by atomic mass is 16.4. The van der Waals surface area contributed by atoms with Crippen molar-refractivity contribution in [3.8, 4) is 0 Å². The van der Waals surface area contributed by atoms with Crippen molar-refractivity contribution in [2.24, 2.45) is 11.8 Å². The number of carbonyl (C=O) groups excluding carboxylic acids is 1.